The average molecular weight is 396 g/mol. The molecule has 0 aromatic heterocycles. The maximum absolute atomic E-state index is 11.9. The number of halogens is 2. The van der Waals surface area contributed by atoms with Gasteiger partial charge in [0, 0.05) is 23.9 Å². The van der Waals surface area contributed by atoms with Crippen molar-refractivity contribution in [1.82, 2.24) is 5.32 Å². The molecule has 2 rings (SSSR count). The molecule has 0 atom stereocenters. The van der Waals surface area contributed by atoms with Crippen molar-refractivity contribution in [3.63, 3.8) is 0 Å². The van der Waals surface area contributed by atoms with E-state index in [9.17, 15) is 14.9 Å². The van der Waals surface area contributed by atoms with Crippen LogP contribution in [0.3, 0.4) is 0 Å². The summed E-state index contributed by atoms with van der Waals surface area (Å²) in [6.07, 6.45) is 2.67. The molecule has 2 N–H and O–H groups in total. The number of carbonyl (C=O) groups is 1. The Balaban J connectivity index is 1.94. The van der Waals surface area contributed by atoms with Gasteiger partial charge in [0.1, 0.15) is 0 Å². The van der Waals surface area contributed by atoms with E-state index in [1.54, 1.807) is 24.3 Å². The maximum Gasteiger partial charge on any atom is 0.270 e. The van der Waals surface area contributed by atoms with Crippen LogP contribution in [0.4, 0.5) is 11.4 Å². The molecule has 0 saturated heterocycles. The molecule has 128 valence electrons. The quantitative estimate of drug-likeness (QED) is 0.346. The fraction of sp³-hybridized carbons (Fsp3) is 0. The van der Waals surface area contributed by atoms with Gasteiger partial charge in [-0.15, -0.1) is 0 Å². The summed E-state index contributed by atoms with van der Waals surface area (Å²) >= 11 is 16.7. The molecule has 2 aromatic rings. The van der Waals surface area contributed by atoms with Crippen LogP contribution < -0.4 is 10.6 Å². The van der Waals surface area contributed by atoms with Crippen LogP contribution in [0.1, 0.15) is 5.56 Å². The van der Waals surface area contributed by atoms with Gasteiger partial charge >= 0.3 is 0 Å². The van der Waals surface area contributed by atoms with Crippen molar-refractivity contribution < 1.29 is 9.72 Å². The first-order valence-corrected chi connectivity index (χ1v) is 8.01. The first-order valence-electron chi connectivity index (χ1n) is 6.85. The minimum absolute atomic E-state index is 0.0561. The number of benzene rings is 2. The number of nitrogens with zero attached hydrogens (tertiary/aromatic N) is 1. The molecular formula is C16H11Cl2N3O3S. The van der Waals surface area contributed by atoms with Gasteiger partial charge in [-0.1, -0.05) is 35.3 Å². The van der Waals surface area contributed by atoms with Crippen LogP contribution in [0, 0.1) is 10.1 Å². The SMILES string of the molecule is O=C(C=Cc1cccc([N+](=O)[O-])c1)NC(=S)Nc1ccc(Cl)c(Cl)c1. The second-order valence-corrected chi connectivity index (χ2v) is 5.98. The number of nitro benzene ring substituents is 1. The number of amides is 1. The van der Waals surface area contributed by atoms with Gasteiger partial charge in [0.2, 0.25) is 5.91 Å². The Labute approximate surface area is 158 Å². The number of carbonyl (C=O) groups excluding carboxylic acids is 1. The van der Waals surface area contributed by atoms with E-state index in [4.69, 9.17) is 35.4 Å². The fourth-order valence-electron chi connectivity index (χ4n) is 1.80. The summed E-state index contributed by atoms with van der Waals surface area (Å²) in [6, 6.07) is 10.7. The van der Waals surface area contributed by atoms with Crippen LogP contribution in [0.15, 0.2) is 48.5 Å². The molecule has 0 saturated carbocycles. The lowest BCUT2D eigenvalue weighted by Gasteiger charge is -2.08. The van der Waals surface area contributed by atoms with Crippen molar-refractivity contribution in [1.29, 1.82) is 0 Å². The van der Waals surface area contributed by atoms with Crippen LogP contribution in [-0.4, -0.2) is 15.9 Å². The van der Waals surface area contributed by atoms with E-state index in [2.05, 4.69) is 10.6 Å². The molecule has 0 fully saturated rings. The van der Waals surface area contributed by atoms with Gasteiger partial charge in [-0.05, 0) is 42.1 Å². The number of thiocarbonyl (C=S) groups is 1. The number of nitro groups is 1. The summed E-state index contributed by atoms with van der Waals surface area (Å²) < 4.78 is 0. The molecule has 0 heterocycles. The lowest BCUT2D eigenvalue weighted by molar-refractivity contribution is -0.384. The van der Waals surface area contributed by atoms with Gasteiger partial charge < -0.3 is 5.32 Å². The van der Waals surface area contributed by atoms with E-state index in [0.717, 1.165) is 0 Å². The second kappa shape index (κ2) is 8.57. The number of anilines is 1. The Morgan fingerprint density at radius 2 is 1.92 bits per heavy atom. The predicted molar refractivity (Wildman–Crippen MR) is 103 cm³/mol. The highest BCUT2D eigenvalue weighted by atomic mass is 35.5. The standard InChI is InChI=1S/C16H11Cl2N3O3S/c17-13-6-5-11(9-14(13)18)19-16(25)20-15(22)7-4-10-2-1-3-12(8-10)21(23)24/h1-9H,(H2,19,20,22,25). The monoisotopic (exact) mass is 395 g/mol. The largest absolute Gasteiger partial charge is 0.332 e. The molecule has 0 aliphatic carbocycles. The smallest absolute Gasteiger partial charge is 0.270 e. The Bertz CT molecular complexity index is 871. The number of nitrogens with one attached hydrogen (secondary N) is 2. The number of hydrogen-bond donors (Lipinski definition) is 2. The van der Waals surface area contributed by atoms with Crippen LogP contribution in [0.25, 0.3) is 6.08 Å². The average Bonchev–Trinajstić information content (AvgIpc) is 2.56. The first kappa shape index (κ1) is 18.9. The summed E-state index contributed by atoms with van der Waals surface area (Å²) in [6.45, 7) is 0. The van der Waals surface area contributed by atoms with Crippen molar-refractivity contribution in [3.05, 3.63) is 74.3 Å². The lowest BCUT2D eigenvalue weighted by Crippen LogP contribution is -2.32. The first-order chi connectivity index (χ1) is 11.8. The van der Waals surface area contributed by atoms with E-state index in [1.165, 1.54) is 30.4 Å². The Kier molecular flexibility index (Phi) is 6.46. The normalized spacial score (nSPS) is 10.5. The summed E-state index contributed by atoms with van der Waals surface area (Å²) in [4.78, 5) is 22.1. The van der Waals surface area contributed by atoms with Gasteiger partial charge in [0.25, 0.3) is 5.69 Å². The fourth-order valence-corrected chi connectivity index (χ4v) is 2.32. The van der Waals surface area contributed by atoms with Crippen LogP contribution in [0.5, 0.6) is 0 Å². The third kappa shape index (κ3) is 5.82. The molecule has 0 spiro atoms. The van der Waals surface area contributed by atoms with Crippen LogP contribution in [0.2, 0.25) is 10.0 Å². The third-order valence-electron chi connectivity index (χ3n) is 2.92. The Morgan fingerprint density at radius 1 is 1.16 bits per heavy atom. The molecule has 0 aliphatic heterocycles. The molecule has 0 radical (unpaired) electrons. The van der Waals surface area contributed by atoms with Gasteiger partial charge in [-0.3, -0.25) is 20.2 Å². The van der Waals surface area contributed by atoms with E-state index >= 15 is 0 Å². The molecule has 2 aromatic carbocycles. The van der Waals surface area contributed by atoms with Gasteiger partial charge in [0.05, 0.1) is 15.0 Å². The zero-order valence-corrected chi connectivity index (χ0v) is 14.9. The molecule has 1 amide bonds. The van der Waals surface area contributed by atoms with Crippen molar-refractivity contribution >= 4 is 63.9 Å². The van der Waals surface area contributed by atoms with Crippen molar-refractivity contribution in [2.75, 3.05) is 5.32 Å². The minimum Gasteiger partial charge on any atom is -0.332 e. The van der Waals surface area contributed by atoms with Crippen LogP contribution in [-0.2, 0) is 4.79 Å². The van der Waals surface area contributed by atoms with E-state index in [-0.39, 0.29) is 10.8 Å². The van der Waals surface area contributed by atoms with Crippen molar-refractivity contribution in [3.8, 4) is 0 Å². The van der Waals surface area contributed by atoms with E-state index in [1.807, 2.05) is 0 Å². The summed E-state index contributed by atoms with van der Waals surface area (Å²) in [5, 5.41) is 16.8. The number of hydrogen-bond acceptors (Lipinski definition) is 4. The molecule has 0 aliphatic rings. The number of non-ortho nitro benzene ring substituents is 1. The highest BCUT2D eigenvalue weighted by molar-refractivity contribution is 7.80. The summed E-state index contributed by atoms with van der Waals surface area (Å²) in [5.41, 5.74) is 1.04. The zero-order valence-electron chi connectivity index (χ0n) is 12.5. The molecule has 9 heteroatoms. The van der Waals surface area contributed by atoms with Crippen molar-refractivity contribution in [2.24, 2.45) is 0 Å². The highest BCUT2D eigenvalue weighted by Gasteiger charge is 2.06. The second-order valence-electron chi connectivity index (χ2n) is 4.76. The van der Waals surface area contributed by atoms with E-state index in [0.29, 0.717) is 21.3 Å². The summed E-state index contributed by atoms with van der Waals surface area (Å²) in [7, 11) is 0. The lowest BCUT2D eigenvalue weighted by atomic mass is 10.2. The Hall–Kier alpha value is -2.48. The van der Waals surface area contributed by atoms with Crippen LogP contribution >= 0.6 is 35.4 Å². The van der Waals surface area contributed by atoms with Gasteiger partial charge in [-0.2, -0.15) is 0 Å². The molecule has 25 heavy (non-hydrogen) atoms. The topological polar surface area (TPSA) is 84.3 Å². The summed E-state index contributed by atoms with van der Waals surface area (Å²) in [5.74, 6) is -0.482. The van der Waals surface area contributed by atoms with Crippen molar-refractivity contribution in [2.45, 2.75) is 0 Å². The third-order valence-corrected chi connectivity index (χ3v) is 3.87. The molecule has 0 unspecified atom stereocenters. The van der Waals surface area contributed by atoms with E-state index < -0.39 is 10.8 Å². The highest BCUT2D eigenvalue weighted by Crippen LogP contribution is 2.24. The molecule has 0 bridgehead atoms. The van der Waals surface area contributed by atoms with Gasteiger partial charge in [0.15, 0.2) is 5.11 Å². The predicted octanol–water partition coefficient (Wildman–Crippen LogP) is 4.43. The van der Waals surface area contributed by atoms with Gasteiger partial charge in [-0.25, -0.2) is 0 Å². The zero-order chi connectivity index (χ0) is 18.4. The molecular weight excluding hydrogens is 385 g/mol. The number of rotatable bonds is 4. The maximum atomic E-state index is 11.9. The minimum atomic E-state index is -0.506. The Morgan fingerprint density at radius 3 is 2.60 bits per heavy atom. The molecule has 6 nitrogen and oxygen atoms in total.